The number of fused-ring (bicyclic) bond motifs is 1. The molecule has 0 unspecified atom stereocenters. The summed E-state index contributed by atoms with van der Waals surface area (Å²) >= 11 is 0. The number of hydrogen-bond acceptors (Lipinski definition) is 7. The van der Waals surface area contributed by atoms with E-state index in [4.69, 9.17) is 8.97 Å². The normalized spacial score (nSPS) is 11.3. The molecule has 0 bridgehead atoms. The minimum Gasteiger partial charge on any atom is -0.456 e. The van der Waals surface area contributed by atoms with Crippen molar-refractivity contribution in [3.8, 4) is 17.4 Å². The molecule has 0 saturated heterocycles. The van der Waals surface area contributed by atoms with Crippen LogP contribution in [0.25, 0.3) is 22.3 Å². The predicted molar refractivity (Wildman–Crippen MR) is 130 cm³/mol. The molecule has 3 aromatic carbocycles. The van der Waals surface area contributed by atoms with Gasteiger partial charge in [0.05, 0.1) is 29.6 Å². The van der Waals surface area contributed by atoms with E-state index >= 15 is 0 Å². The monoisotopic (exact) mass is 486 g/mol. The van der Waals surface area contributed by atoms with Gasteiger partial charge in [-0.25, -0.2) is 4.68 Å². The molecule has 11 heteroatoms. The second kappa shape index (κ2) is 8.94. The molecule has 2 aromatic heterocycles. The first-order chi connectivity index (χ1) is 16.9. The van der Waals surface area contributed by atoms with Crippen LogP contribution < -0.4 is 9.73 Å². The van der Waals surface area contributed by atoms with E-state index in [9.17, 15) is 13.7 Å². The van der Waals surface area contributed by atoms with Crippen LogP contribution >= 0.6 is 0 Å². The molecule has 0 spiro atoms. The van der Waals surface area contributed by atoms with E-state index in [1.807, 2.05) is 52.2 Å². The first kappa shape index (κ1) is 22.1. The van der Waals surface area contributed by atoms with Crippen molar-refractivity contribution >= 4 is 32.6 Å². The van der Waals surface area contributed by atoms with Gasteiger partial charge in [-0.1, -0.05) is 30.3 Å². The van der Waals surface area contributed by atoms with Gasteiger partial charge in [-0.3, -0.25) is 14.3 Å². The quantitative estimate of drug-likeness (QED) is 0.326. The molecule has 0 aliphatic carbocycles. The van der Waals surface area contributed by atoms with E-state index in [2.05, 4.69) is 16.3 Å². The fourth-order valence-electron chi connectivity index (χ4n) is 3.74. The van der Waals surface area contributed by atoms with Crippen molar-refractivity contribution in [2.24, 2.45) is 0 Å². The second-order valence-corrected chi connectivity index (χ2v) is 8.82. The molecule has 2 N–H and O–H groups in total. The Morgan fingerprint density at radius 3 is 2.46 bits per heavy atom. The molecule has 0 fully saturated rings. The fraction of sp³-hybridized carbons (Fsp3) is 0.0417. The van der Waals surface area contributed by atoms with Crippen LogP contribution in [0.1, 0.15) is 11.1 Å². The molecule has 10 nitrogen and oxygen atoms in total. The smallest absolute Gasteiger partial charge is 0.357 e. The summed E-state index contributed by atoms with van der Waals surface area (Å²) in [6.07, 6.45) is 3.10. The number of anilines is 2. The molecular weight excluding hydrogens is 468 g/mol. The lowest BCUT2D eigenvalue weighted by atomic mass is 10.0. The summed E-state index contributed by atoms with van der Waals surface area (Å²) in [5, 5.41) is 20.3. The Morgan fingerprint density at radius 2 is 1.77 bits per heavy atom. The Morgan fingerprint density at radius 1 is 1.03 bits per heavy atom. The molecule has 0 amide bonds. The highest BCUT2D eigenvalue weighted by atomic mass is 32.2. The maximum absolute atomic E-state index is 11.1. The first-order valence-electron chi connectivity index (χ1n) is 10.4. The number of rotatable bonds is 7. The zero-order chi connectivity index (χ0) is 24.4. The summed E-state index contributed by atoms with van der Waals surface area (Å²) in [7, 11) is -4.36. The molecule has 0 saturated carbocycles. The van der Waals surface area contributed by atoms with Crippen molar-refractivity contribution in [2.75, 3.05) is 9.73 Å². The van der Waals surface area contributed by atoms with Gasteiger partial charge in [0.25, 0.3) is 0 Å². The van der Waals surface area contributed by atoms with Crippen LogP contribution in [0.15, 0.2) is 89.9 Å². The molecule has 174 valence electrons. The molecule has 0 aliphatic heterocycles. The molecule has 2 heterocycles. The van der Waals surface area contributed by atoms with E-state index in [-0.39, 0.29) is 5.69 Å². The summed E-state index contributed by atoms with van der Waals surface area (Å²) in [4.78, 5) is 0. The number of aromatic nitrogens is 3. The maximum atomic E-state index is 11.1. The van der Waals surface area contributed by atoms with Crippen LogP contribution in [0.4, 0.5) is 11.4 Å². The molecule has 0 atom stereocenters. The van der Waals surface area contributed by atoms with E-state index in [1.165, 1.54) is 0 Å². The van der Waals surface area contributed by atoms with Gasteiger partial charge in [0.15, 0.2) is 0 Å². The molecule has 0 radical (unpaired) electrons. The number of benzene rings is 3. The van der Waals surface area contributed by atoms with Gasteiger partial charge in [-0.05, 0) is 48.0 Å². The highest BCUT2D eigenvalue weighted by molar-refractivity contribution is 7.87. The van der Waals surface area contributed by atoms with Crippen LogP contribution in [0.5, 0.6) is 0 Å². The summed E-state index contributed by atoms with van der Waals surface area (Å²) in [6, 6.07) is 23.7. The third kappa shape index (κ3) is 4.84. The lowest BCUT2D eigenvalue weighted by Gasteiger charge is -2.25. The number of nitrogens with zero attached hydrogens (tertiary/aromatic N) is 5. The lowest BCUT2D eigenvalue weighted by molar-refractivity contribution is 0.489. The van der Waals surface area contributed by atoms with Gasteiger partial charge in [0.2, 0.25) is 0 Å². The highest BCUT2D eigenvalue weighted by Crippen LogP contribution is 2.33. The summed E-state index contributed by atoms with van der Waals surface area (Å²) in [6.45, 7) is 0.371. The molecule has 5 rings (SSSR count). The number of hydrogen-bond donors (Lipinski definition) is 2. The Balaban J connectivity index is 1.53. The predicted octanol–water partition coefficient (Wildman–Crippen LogP) is 4.25. The molecular formula is C24H18N6O4S. The van der Waals surface area contributed by atoms with Gasteiger partial charge in [-0.15, -0.1) is 10.2 Å². The average Bonchev–Trinajstić information content (AvgIpc) is 3.52. The zero-order valence-corrected chi connectivity index (χ0v) is 18.9. The van der Waals surface area contributed by atoms with Crippen molar-refractivity contribution in [3.63, 3.8) is 0 Å². The highest BCUT2D eigenvalue weighted by Gasteiger charge is 2.16. The number of nitrogens with one attached hydrogen (secondary N) is 1. The lowest BCUT2D eigenvalue weighted by Crippen LogP contribution is -2.28. The van der Waals surface area contributed by atoms with Gasteiger partial charge < -0.3 is 4.42 Å². The largest absolute Gasteiger partial charge is 0.456 e. The van der Waals surface area contributed by atoms with Gasteiger partial charge in [0.1, 0.15) is 24.0 Å². The van der Waals surface area contributed by atoms with E-state index in [0.29, 0.717) is 23.4 Å². The van der Waals surface area contributed by atoms with E-state index in [1.54, 1.807) is 47.7 Å². The van der Waals surface area contributed by atoms with Crippen LogP contribution in [0.3, 0.4) is 0 Å². The maximum Gasteiger partial charge on any atom is 0.357 e. The summed E-state index contributed by atoms with van der Waals surface area (Å²) in [5.74, 6) is 0.578. The van der Waals surface area contributed by atoms with Crippen molar-refractivity contribution < 1.29 is 17.4 Å². The van der Waals surface area contributed by atoms with Crippen molar-refractivity contribution in [2.45, 2.75) is 6.54 Å². The minimum atomic E-state index is -4.36. The Kier molecular flexibility index (Phi) is 5.66. The number of para-hydroxylation sites is 1. The van der Waals surface area contributed by atoms with Gasteiger partial charge >= 0.3 is 10.3 Å². The number of nitriles is 1. The average molecular weight is 487 g/mol. The SMILES string of the molecule is N#Cc1ccc(N(Cc2ccc(NS(=O)(=O)O)cc2)n2cnnc2)cc1-c1cc2ccccc2o1. The zero-order valence-electron chi connectivity index (χ0n) is 18.1. The van der Waals surface area contributed by atoms with Crippen LogP contribution in [0.2, 0.25) is 0 Å². The van der Waals surface area contributed by atoms with Crippen molar-refractivity contribution in [3.05, 3.63) is 96.6 Å². The van der Waals surface area contributed by atoms with E-state index in [0.717, 1.165) is 22.2 Å². The fourth-order valence-corrected chi connectivity index (χ4v) is 4.17. The first-order valence-corrected chi connectivity index (χ1v) is 11.8. The van der Waals surface area contributed by atoms with Gasteiger partial charge in [-0.2, -0.15) is 13.7 Å². The van der Waals surface area contributed by atoms with Crippen LogP contribution in [0, 0.1) is 11.3 Å². The number of furan rings is 1. The summed E-state index contributed by atoms with van der Waals surface area (Å²) < 4.78 is 40.8. The Bertz CT molecular complexity index is 1600. The second-order valence-electron chi connectivity index (χ2n) is 7.66. The standard InChI is InChI=1S/C24H18N6O4S/c25-13-19-7-10-21(12-22(19)24-11-18-3-1-2-4-23(18)34-24)30(29-15-26-27-16-29)14-17-5-8-20(9-6-17)28-35(31,32)33/h1-12,15-16,28H,14H2,(H,31,32,33). The third-order valence-electron chi connectivity index (χ3n) is 5.33. The molecule has 0 aliphatic rings. The van der Waals surface area contributed by atoms with Crippen LogP contribution in [-0.4, -0.2) is 27.8 Å². The van der Waals surface area contributed by atoms with Crippen molar-refractivity contribution in [1.82, 2.24) is 14.9 Å². The van der Waals surface area contributed by atoms with Crippen molar-refractivity contribution in [1.29, 1.82) is 5.26 Å². The third-order valence-corrected chi connectivity index (χ3v) is 5.82. The van der Waals surface area contributed by atoms with E-state index < -0.39 is 10.3 Å². The molecule has 35 heavy (non-hydrogen) atoms. The summed E-state index contributed by atoms with van der Waals surface area (Å²) in [5.41, 5.74) is 3.67. The van der Waals surface area contributed by atoms with Crippen LogP contribution in [-0.2, 0) is 16.8 Å². The Hall–Kier alpha value is -4.66. The topological polar surface area (TPSA) is 137 Å². The van der Waals surface area contributed by atoms with Gasteiger partial charge in [0, 0.05) is 10.9 Å². The molecule has 5 aromatic rings. The Labute approximate surface area is 200 Å². The minimum absolute atomic E-state index is 0.234.